The van der Waals surface area contributed by atoms with Gasteiger partial charge in [-0.2, -0.15) is 9.50 Å². The number of aromatic nitrogens is 4. The maximum absolute atomic E-state index is 13.6. The van der Waals surface area contributed by atoms with Crippen molar-refractivity contribution in [3.05, 3.63) is 82.6 Å². The van der Waals surface area contributed by atoms with Gasteiger partial charge in [-0.15, -0.1) is 5.10 Å². The van der Waals surface area contributed by atoms with E-state index in [2.05, 4.69) is 41.5 Å². The predicted octanol–water partition coefficient (Wildman–Crippen LogP) is 4.39. The summed E-state index contributed by atoms with van der Waals surface area (Å²) in [5.41, 5.74) is 5.28. The SMILES string of the molecule is Cc1ccc(Cc2nc3nc4c(c(Nc5cccc(F)c5)n3n2)CCC4)cc1. The highest BCUT2D eigenvalue weighted by molar-refractivity contribution is 5.63. The summed E-state index contributed by atoms with van der Waals surface area (Å²) in [6, 6.07) is 14.8. The fraction of sp³-hybridized carbons (Fsp3) is 0.227. The lowest BCUT2D eigenvalue weighted by molar-refractivity contribution is 0.628. The van der Waals surface area contributed by atoms with Crippen LogP contribution in [0.1, 0.15) is 34.6 Å². The summed E-state index contributed by atoms with van der Waals surface area (Å²) in [6.07, 6.45) is 3.57. The van der Waals surface area contributed by atoms with Gasteiger partial charge in [0, 0.05) is 17.7 Å². The summed E-state index contributed by atoms with van der Waals surface area (Å²) >= 11 is 0. The van der Waals surface area contributed by atoms with Gasteiger partial charge < -0.3 is 5.32 Å². The first-order chi connectivity index (χ1) is 13.7. The smallest absolute Gasteiger partial charge is 0.254 e. The first kappa shape index (κ1) is 16.9. The van der Waals surface area contributed by atoms with Crippen LogP contribution in [0.3, 0.4) is 0 Å². The molecule has 28 heavy (non-hydrogen) atoms. The van der Waals surface area contributed by atoms with Crippen molar-refractivity contribution in [1.82, 2.24) is 19.6 Å². The van der Waals surface area contributed by atoms with Crippen LogP contribution in [0.25, 0.3) is 5.78 Å². The average Bonchev–Trinajstić information content (AvgIpc) is 3.30. The van der Waals surface area contributed by atoms with Crippen molar-refractivity contribution in [3.8, 4) is 0 Å². The minimum atomic E-state index is -0.273. The molecule has 5 rings (SSSR count). The van der Waals surface area contributed by atoms with Crippen molar-refractivity contribution in [2.24, 2.45) is 0 Å². The zero-order valence-corrected chi connectivity index (χ0v) is 15.6. The molecule has 2 aromatic carbocycles. The van der Waals surface area contributed by atoms with Gasteiger partial charge in [-0.05, 0) is 49.9 Å². The van der Waals surface area contributed by atoms with E-state index in [9.17, 15) is 4.39 Å². The van der Waals surface area contributed by atoms with E-state index in [0.29, 0.717) is 17.9 Å². The Morgan fingerprint density at radius 1 is 1.07 bits per heavy atom. The Balaban J connectivity index is 1.57. The summed E-state index contributed by atoms with van der Waals surface area (Å²) in [4.78, 5) is 9.38. The third-order valence-electron chi connectivity index (χ3n) is 5.13. The fourth-order valence-corrected chi connectivity index (χ4v) is 3.72. The monoisotopic (exact) mass is 373 g/mol. The van der Waals surface area contributed by atoms with Gasteiger partial charge in [-0.3, -0.25) is 0 Å². The highest BCUT2D eigenvalue weighted by atomic mass is 19.1. The number of anilines is 2. The predicted molar refractivity (Wildman–Crippen MR) is 106 cm³/mol. The molecule has 6 heteroatoms. The van der Waals surface area contributed by atoms with E-state index < -0.39 is 0 Å². The molecule has 1 N–H and O–H groups in total. The number of aryl methyl sites for hydroxylation is 2. The number of hydrogen-bond donors (Lipinski definition) is 1. The molecule has 0 fully saturated rings. The molecule has 2 heterocycles. The molecule has 5 nitrogen and oxygen atoms in total. The second kappa shape index (κ2) is 6.71. The zero-order chi connectivity index (χ0) is 19.1. The van der Waals surface area contributed by atoms with Crippen LogP contribution in [0, 0.1) is 12.7 Å². The Bertz CT molecular complexity index is 1160. The third kappa shape index (κ3) is 3.11. The van der Waals surface area contributed by atoms with Crippen molar-refractivity contribution in [2.75, 3.05) is 5.32 Å². The Kier molecular flexibility index (Phi) is 4.04. The Labute approximate surface area is 162 Å². The Morgan fingerprint density at radius 2 is 1.93 bits per heavy atom. The first-order valence-electron chi connectivity index (χ1n) is 9.51. The number of benzene rings is 2. The van der Waals surface area contributed by atoms with Gasteiger partial charge in [0.25, 0.3) is 5.78 Å². The summed E-state index contributed by atoms with van der Waals surface area (Å²) in [5, 5.41) is 8.07. The second-order valence-corrected chi connectivity index (χ2v) is 7.28. The summed E-state index contributed by atoms with van der Waals surface area (Å²) in [5.74, 6) is 1.88. The van der Waals surface area contributed by atoms with E-state index in [1.807, 2.05) is 6.07 Å². The molecule has 1 aliphatic carbocycles. The van der Waals surface area contributed by atoms with Crippen LogP contribution in [0.4, 0.5) is 15.9 Å². The van der Waals surface area contributed by atoms with E-state index in [0.717, 1.165) is 47.7 Å². The van der Waals surface area contributed by atoms with E-state index >= 15 is 0 Å². The molecule has 0 saturated heterocycles. The molecule has 4 aromatic rings. The molecule has 0 unspecified atom stereocenters. The fourth-order valence-electron chi connectivity index (χ4n) is 3.72. The number of halogens is 1. The van der Waals surface area contributed by atoms with Gasteiger partial charge in [0.2, 0.25) is 0 Å². The number of rotatable bonds is 4. The molecular formula is C22H20FN5. The highest BCUT2D eigenvalue weighted by Gasteiger charge is 2.22. The minimum Gasteiger partial charge on any atom is -0.340 e. The molecule has 2 aromatic heterocycles. The lowest BCUT2D eigenvalue weighted by Crippen LogP contribution is -2.07. The van der Waals surface area contributed by atoms with Crippen LogP contribution in [0.5, 0.6) is 0 Å². The quantitative estimate of drug-likeness (QED) is 0.576. The van der Waals surface area contributed by atoms with E-state index in [1.54, 1.807) is 10.6 Å². The van der Waals surface area contributed by atoms with Crippen LogP contribution >= 0.6 is 0 Å². The summed E-state index contributed by atoms with van der Waals surface area (Å²) in [7, 11) is 0. The zero-order valence-electron chi connectivity index (χ0n) is 15.6. The van der Waals surface area contributed by atoms with Crippen molar-refractivity contribution >= 4 is 17.3 Å². The molecule has 1 aliphatic rings. The van der Waals surface area contributed by atoms with Crippen molar-refractivity contribution in [3.63, 3.8) is 0 Å². The van der Waals surface area contributed by atoms with Crippen LogP contribution < -0.4 is 5.32 Å². The van der Waals surface area contributed by atoms with Gasteiger partial charge in [-0.25, -0.2) is 9.37 Å². The van der Waals surface area contributed by atoms with E-state index in [1.165, 1.54) is 17.7 Å². The lowest BCUT2D eigenvalue weighted by atomic mass is 10.1. The third-order valence-corrected chi connectivity index (χ3v) is 5.13. The van der Waals surface area contributed by atoms with Crippen molar-refractivity contribution in [1.29, 1.82) is 0 Å². The second-order valence-electron chi connectivity index (χ2n) is 7.28. The van der Waals surface area contributed by atoms with Crippen LogP contribution in [-0.4, -0.2) is 19.6 Å². The number of nitrogens with one attached hydrogen (secondary N) is 1. The van der Waals surface area contributed by atoms with Gasteiger partial charge >= 0.3 is 0 Å². The molecule has 140 valence electrons. The largest absolute Gasteiger partial charge is 0.340 e. The lowest BCUT2D eigenvalue weighted by Gasteiger charge is -2.12. The van der Waals surface area contributed by atoms with E-state index in [4.69, 9.17) is 10.1 Å². The maximum atomic E-state index is 13.6. The topological polar surface area (TPSA) is 55.1 Å². The Morgan fingerprint density at radius 3 is 2.75 bits per heavy atom. The van der Waals surface area contributed by atoms with E-state index in [-0.39, 0.29) is 5.82 Å². The van der Waals surface area contributed by atoms with Crippen LogP contribution in [0.15, 0.2) is 48.5 Å². The van der Waals surface area contributed by atoms with Gasteiger partial charge in [-0.1, -0.05) is 35.9 Å². The Hall–Kier alpha value is -3.28. The molecule has 0 radical (unpaired) electrons. The molecule has 0 saturated carbocycles. The van der Waals surface area contributed by atoms with Crippen molar-refractivity contribution < 1.29 is 4.39 Å². The number of hydrogen-bond acceptors (Lipinski definition) is 4. The average molecular weight is 373 g/mol. The molecule has 0 bridgehead atoms. The van der Waals surface area contributed by atoms with Gasteiger partial charge in [0.05, 0.1) is 5.69 Å². The van der Waals surface area contributed by atoms with Gasteiger partial charge in [0.1, 0.15) is 11.6 Å². The van der Waals surface area contributed by atoms with Crippen LogP contribution in [-0.2, 0) is 19.3 Å². The first-order valence-corrected chi connectivity index (χ1v) is 9.51. The highest BCUT2D eigenvalue weighted by Crippen LogP contribution is 2.30. The summed E-state index contributed by atoms with van der Waals surface area (Å²) in [6.45, 7) is 2.07. The molecule has 0 spiro atoms. The van der Waals surface area contributed by atoms with Gasteiger partial charge in [0.15, 0.2) is 5.82 Å². The normalized spacial score (nSPS) is 13.1. The molecule has 0 atom stereocenters. The molecule has 0 aliphatic heterocycles. The maximum Gasteiger partial charge on any atom is 0.254 e. The molecule has 0 amide bonds. The summed E-state index contributed by atoms with van der Waals surface area (Å²) < 4.78 is 15.4. The van der Waals surface area contributed by atoms with Crippen LogP contribution in [0.2, 0.25) is 0 Å². The minimum absolute atomic E-state index is 0.273. The standard InChI is InChI=1S/C22H20FN5/c1-14-8-10-15(11-9-14)12-20-26-22-25-19-7-3-6-18(19)21(28(22)27-20)24-17-5-2-4-16(23)13-17/h2,4-5,8-11,13,24H,3,6-7,12H2,1H3. The number of nitrogens with zero attached hydrogens (tertiary/aromatic N) is 4. The van der Waals surface area contributed by atoms with Crippen molar-refractivity contribution in [2.45, 2.75) is 32.6 Å². The number of fused-ring (bicyclic) bond motifs is 2. The molecular weight excluding hydrogens is 353 g/mol.